The molecular weight excluding hydrogens is 344 g/mol. The molecule has 0 unspecified atom stereocenters. The Kier molecular flexibility index (Phi) is 4.71. The average Bonchev–Trinajstić information content (AvgIpc) is 3.32. The topological polar surface area (TPSA) is 42.4 Å². The lowest BCUT2D eigenvalue weighted by molar-refractivity contribution is -0.126. The van der Waals surface area contributed by atoms with Gasteiger partial charge in [0.1, 0.15) is 10.8 Å². The lowest BCUT2D eigenvalue weighted by atomic mass is 10.2. The van der Waals surface area contributed by atoms with E-state index in [9.17, 15) is 4.79 Å². The van der Waals surface area contributed by atoms with Gasteiger partial charge in [0.25, 0.3) is 0 Å². The highest BCUT2D eigenvalue weighted by atomic mass is 32.1. The zero-order valence-corrected chi connectivity index (χ0v) is 15.4. The number of ether oxygens (including phenoxy) is 1. The van der Waals surface area contributed by atoms with Crippen molar-refractivity contribution in [3.05, 3.63) is 65.2 Å². The van der Waals surface area contributed by atoms with Crippen LogP contribution in [0.2, 0.25) is 0 Å². The molecule has 5 heteroatoms. The molecular formula is C21H20N2O2S. The lowest BCUT2D eigenvalue weighted by Crippen LogP contribution is -2.28. The molecule has 2 heterocycles. The maximum atomic E-state index is 12.7. The summed E-state index contributed by atoms with van der Waals surface area (Å²) in [5.74, 6) is 0.853. The molecule has 2 aromatic carbocycles. The van der Waals surface area contributed by atoms with Crippen LogP contribution in [-0.2, 0) is 4.79 Å². The quantitative estimate of drug-likeness (QED) is 0.631. The van der Waals surface area contributed by atoms with Crippen LogP contribution in [0.1, 0.15) is 29.5 Å². The van der Waals surface area contributed by atoms with Crippen LogP contribution in [0, 0.1) is 0 Å². The van der Waals surface area contributed by atoms with Crippen LogP contribution in [0.4, 0.5) is 0 Å². The molecule has 4 nitrogen and oxygen atoms in total. The van der Waals surface area contributed by atoms with Crippen molar-refractivity contribution in [1.82, 2.24) is 9.88 Å². The Hall–Kier alpha value is -2.66. The molecule has 0 spiro atoms. The first kappa shape index (κ1) is 16.8. The molecule has 0 saturated carbocycles. The van der Waals surface area contributed by atoms with Gasteiger partial charge in [-0.2, -0.15) is 0 Å². The summed E-state index contributed by atoms with van der Waals surface area (Å²) >= 11 is 1.69. The molecule has 0 bridgehead atoms. The van der Waals surface area contributed by atoms with Crippen molar-refractivity contribution in [2.45, 2.75) is 18.9 Å². The summed E-state index contributed by atoms with van der Waals surface area (Å²) in [6.07, 6.45) is 5.51. The van der Waals surface area contributed by atoms with E-state index in [4.69, 9.17) is 9.72 Å². The van der Waals surface area contributed by atoms with Crippen LogP contribution in [-0.4, -0.2) is 29.4 Å². The maximum absolute atomic E-state index is 12.7. The van der Waals surface area contributed by atoms with E-state index in [0.717, 1.165) is 41.2 Å². The molecule has 1 fully saturated rings. The molecule has 0 aliphatic carbocycles. The maximum Gasteiger partial charge on any atom is 0.247 e. The minimum absolute atomic E-state index is 0.0441. The van der Waals surface area contributed by atoms with Gasteiger partial charge in [-0.05, 0) is 48.7 Å². The largest absolute Gasteiger partial charge is 0.497 e. The molecule has 3 aromatic rings. The van der Waals surface area contributed by atoms with Gasteiger partial charge < -0.3 is 9.64 Å². The molecule has 1 saturated heterocycles. The second-order valence-electron chi connectivity index (χ2n) is 6.32. The van der Waals surface area contributed by atoms with Crippen molar-refractivity contribution in [2.75, 3.05) is 13.7 Å². The van der Waals surface area contributed by atoms with Crippen LogP contribution >= 0.6 is 11.3 Å². The second-order valence-corrected chi connectivity index (χ2v) is 7.38. The lowest BCUT2D eigenvalue weighted by Gasteiger charge is -2.21. The van der Waals surface area contributed by atoms with Crippen molar-refractivity contribution in [1.29, 1.82) is 0 Å². The number of benzene rings is 2. The summed E-state index contributed by atoms with van der Waals surface area (Å²) in [5, 5.41) is 1.04. The monoisotopic (exact) mass is 364 g/mol. The molecule has 1 amide bonds. The number of hydrogen-bond donors (Lipinski definition) is 0. The molecule has 132 valence electrons. The number of likely N-dealkylation sites (tertiary alicyclic amines) is 1. The van der Waals surface area contributed by atoms with E-state index in [0.29, 0.717) is 0 Å². The Morgan fingerprint density at radius 3 is 2.81 bits per heavy atom. The predicted molar refractivity (Wildman–Crippen MR) is 105 cm³/mol. The number of rotatable bonds is 4. The third-order valence-corrected chi connectivity index (χ3v) is 5.80. The Morgan fingerprint density at radius 1 is 1.23 bits per heavy atom. The Labute approximate surface area is 156 Å². The van der Waals surface area contributed by atoms with Crippen molar-refractivity contribution < 1.29 is 9.53 Å². The molecule has 4 rings (SSSR count). The van der Waals surface area contributed by atoms with Crippen molar-refractivity contribution >= 4 is 33.5 Å². The Balaban J connectivity index is 1.51. The molecule has 26 heavy (non-hydrogen) atoms. The number of carbonyl (C=O) groups excluding carboxylic acids is 1. The highest BCUT2D eigenvalue weighted by Gasteiger charge is 2.31. The van der Waals surface area contributed by atoms with E-state index in [2.05, 4.69) is 6.07 Å². The fraction of sp³-hybridized carbons (Fsp3) is 0.238. The summed E-state index contributed by atoms with van der Waals surface area (Å²) < 4.78 is 6.34. The normalized spacial score (nSPS) is 17.3. The van der Waals surface area contributed by atoms with Gasteiger partial charge in [0.15, 0.2) is 0 Å². The highest BCUT2D eigenvalue weighted by molar-refractivity contribution is 7.18. The zero-order valence-electron chi connectivity index (χ0n) is 14.6. The number of carbonyl (C=O) groups is 1. The number of amides is 1. The van der Waals surface area contributed by atoms with E-state index in [1.807, 2.05) is 53.4 Å². The molecule has 0 radical (unpaired) electrons. The molecule has 0 N–H and O–H groups in total. The number of nitrogens with zero attached hydrogens (tertiary/aromatic N) is 2. The first-order chi connectivity index (χ1) is 12.7. The number of hydrogen-bond acceptors (Lipinski definition) is 4. The third kappa shape index (κ3) is 3.35. The van der Waals surface area contributed by atoms with E-state index >= 15 is 0 Å². The van der Waals surface area contributed by atoms with Gasteiger partial charge in [0, 0.05) is 12.6 Å². The number of para-hydroxylation sites is 1. The molecule has 1 aliphatic heterocycles. The van der Waals surface area contributed by atoms with Gasteiger partial charge >= 0.3 is 0 Å². The number of fused-ring (bicyclic) bond motifs is 1. The first-order valence-electron chi connectivity index (χ1n) is 8.73. The summed E-state index contributed by atoms with van der Waals surface area (Å²) in [7, 11) is 1.64. The Morgan fingerprint density at radius 2 is 2.04 bits per heavy atom. The zero-order chi connectivity index (χ0) is 17.9. The number of methoxy groups -OCH3 is 1. The fourth-order valence-corrected chi connectivity index (χ4v) is 4.41. The van der Waals surface area contributed by atoms with E-state index in [-0.39, 0.29) is 11.9 Å². The van der Waals surface area contributed by atoms with Crippen LogP contribution in [0.3, 0.4) is 0 Å². The van der Waals surface area contributed by atoms with E-state index < -0.39 is 0 Å². The van der Waals surface area contributed by atoms with Gasteiger partial charge in [-0.15, -0.1) is 11.3 Å². The number of aromatic nitrogens is 1. The molecule has 1 atom stereocenters. The SMILES string of the molecule is COc1ccc(/C=C\C(=O)N2CCC[C@@H]2c2nc3ccccc3s2)cc1. The third-order valence-electron chi connectivity index (χ3n) is 4.67. The predicted octanol–water partition coefficient (Wildman–Crippen LogP) is 4.68. The average molecular weight is 364 g/mol. The summed E-state index contributed by atoms with van der Waals surface area (Å²) in [5.41, 5.74) is 2.00. The molecule has 1 aromatic heterocycles. The summed E-state index contributed by atoms with van der Waals surface area (Å²) in [6, 6.07) is 15.9. The van der Waals surface area contributed by atoms with Crippen molar-refractivity contribution in [2.24, 2.45) is 0 Å². The minimum atomic E-state index is 0.0441. The Bertz CT molecular complexity index is 913. The van der Waals surface area contributed by atoms with Crippen LogP contribution in [0.25, 0.3) is 16.3 Å². The van der Waals surface area contributed by atoms with Crippen LogP contribution in [0.15, 0.2) is 54.6 Å². The second kappa shape index (κ2) is 7.30. The van der Waals surface area contributed by atoms with Crippen LogP contribution < -0.4 is 4.74 Å². The van der Waals surface area contributed by atoms with Crippen LogP contribution in [0.5, 0.6) is 5.75 Å². The van der Waals surface area contributed by atoms with Gasteiger partial charge in [0.2, 0.25) is 5.91 Å². The van der Waals surface area contributed by atoms with Crippen molar-refractivity contribution in [3.8, 4) is 5.75 Å². The number of thiazole rings is 1. The highest BCUT2D eigenvalue weighted by Crippen LogP contribution is 2.36. The van der Waals surface area contributed by atoms with Gasteiger partial charge in [0.05, 0.1) is 23.4 Å². The smallest absolute Gasteiger partial charge is 0.247 e. The van der Waals surface area contributed by atoms with Gasteiger partial charge in [-0.25, -0.2) is 4.98 Å². The fourth-order valence-electron chi connectivity index (χ4n) is 3.30. The summed E-state index contributed by atoms with van der Waals surface area (Å²) in [6.45, 7) is 0.784. The standard InChI is InChI=1S/C21H20N2O2S/c1-25-16-11-8-15(9-12-16)10-13-20(24)23-14-4-6-18(23)21-22-17-5-2-3-7-19(17)26-21/h2-3,5,7-13,18H,4,6,14H2,1H3/b13-10-/t18-/m1/s1. The molecule has 1 aliphatic rings. The van der Waals surface area contributed by atoms with E-state index in [1.165, 1.54) is 4.70 Å². The van der Waals surface area contributed by atoms with Crippen molar-refractivity contribution in [3.63, 3.8) is 0 Å². The van der Waals surface area contributed by atoms with Gasteiger partial charge in [-0.1, -0.05) is 24.3 Å². The van der Waals surface area contributed by atoms with Gasteiger partial charge in [-0.3, -0.25) is 4.79 Å². The first-order valence-corrected chi connectivity index (χ1v) is 9.54. The summed E-state index contributed by atoms with van der Waals surface area (Å²) in [4.78, 5) is 19.4. The minimum Gasteiger partial charge on any atom is -0.497 e. The van der Waals surface area contributed by atoms with E-state index in [1.54, 1.807) is 24.5 Å².